The van der Waals surface area contributed by atoms with Gasteiger partial charge in [0.2, 0.25) is 0 Å². The summed E-state index contributed by atoms with van der Waals surface area (Å²) in [5, 5.41) is 9.45. The number of nitrogens with zero attached hydrogens (tertiary/aromatic N) is 1. The Morgan fingerprint density at radius 2 is 1.88 bits per heavy atom. The summed E-state index contributed by atoms with van der Waals surface area (Å²) < 4.78 is 11.2. The van der Waals surface area contributed by atoms with E-state index in [1.54, 1.807) is 12.1 Å². The maximum Gasteiger partial charge on any atom is 0.338 e. The van der Waals surface area contributed by atoms with Crippen LogP contribution in [0.25, 0.3) is 0 Å². The molecule has 2 rings (SSSR count). The Kier molecular flexibility index (Phi) is 7.31. The molecule has 1 aliphatic rings. The Hall–Kier alpha value is -2.02. The van der Waals surface area contributed by atoms with Crippen molar-refractivity contribution >= 4 is 5.97 Å². The molecule has 0 N–H and O–H groups in total. The second-order valence-corrected chi connectivity index (χ2v) is 6.97. The van der Waals surface area contributed by atoms with Crippen LogP contribution in [0.15, 0.2) is 24.3 Å². The number of rotatable bonds is 8. The van der Waals surface area contributed by atoms with Gasteiger partial charge in [-0.2, -0.15) is 5.26 Å². The van der Waals surface area contributed by atoms with E-state index in [4.69, 9.17) is 9.47 Å². The van der Waals surface area contributed by atoms with Crippen LogP contribution >= 0.6 is 0 Å². The van der Waals surface area contributed by atoms with Gasteiger partial charge in [-0.3, -0.25) is 0 Å². The summed E-state index contributed by atoms with van der Waals surface area (Å²) in [5.41, 5.74) is 0.336. The van der Waals surface area contributed by atoms with E-state index in [2.05, 4.69) is 19.9 Å². The Morgan fingerprint density at radius 1 is 1.20 bits per heavy atom. The van der Waals surface area contributed by atoms with Gasteiger partial charge in [-0.25, -0.2) is 4.79 Å². The lowest BCUT2D eigenvalue weighted by Crippen LogP contribution is -2.31. The number of benzene rings is 1. The van der Waals surface area contributed by atoms with Gasteiger partial charge in [-0.15, -0.1) is 0 Å². The van der Waals surface area contributed by atoms with Crippen LogP contribution in [0.2, 0.25) is 0 Å². The minimum atomic E-state index is -0.287. The second kappa shape index (κ2) is 9.46. The topological polar surface area (TPSA) is 59.3 Å². The quantitative estimate of drug-likeness (QED) is 0.476. The average molecular weight is 343 g/mol. The van der Waals surface area contributed by atoms with Crippen molar-refractivity contribution < 1.29 is 14.3 Å². The van der Waals surface area contributed by atoms with Gasteiger partial charge in [0.25, 0.3) is 0 Å². The van der Waals surface area contributed by atoms with Crippen LogP contribution in [-0.4, -0.2) is 18.7 Å². The van der Waals surface area contributed by atoms with Gasteiger partial charge in [-0.1, -0.05) is 26.7 Å². The van der Waals surface area contributed by atoms with Gasteiger partial charge in [-0.05, 0) is 62.8 Å². The lowest BCUT2D eigenvalue weighted by atomic mass is 9.71. The minimum absolute atomic E-state index is 0.0775. The molecule has 0 spiro atoms. The number of carbonyl (C=O) groups is 1. The van der Waals surface area contributed by atoms with Crippen molar-refractivity contribution in [2.45, 2.75) is 71.3 Å². The summed E-state index contributed by atoms with van der Waals surface area (Å²) in [4.78, 5) is 12.3. The summed E-state index contributed by atoms with van der Waals surface area (Å²) in [6.45, 7) is 4.93. The summed E-state index contributed by atoms with van der Waals surface area (Å²) in [6.07, 6.45) is 7.18. The molecule has 25 heavy (non-hydrogen) atoms. The highest BCUT2D eigenvalue weighted by molar-refractivity contribution is 5.89. The predicted octanol–water partition coefficient (Wildman–Crippen LogP) is 5.27. The zero-order chi connectivity index (χ0) is 18.1. The van der Waals surface area contributed by atoms with Crippen molar-refractivity contribution in [2.75, 3.05) is 6.61 Å². The fourth-order valence-electron chi connectivity index (χ4n) is 3.40. The van der Waals surface area contributed by atoms with Crippen molar-refractivity contribution in [1.82, 2.24) is 0 Å². The van der Waals surface area contributed by atoms with E-state index in [-0.39, 0.29) is 17.5 Å². The van der Waals surface area contributed by atoms with Crippen molar-refractivity contribution in [3.05, 3.63) is 29.8 Å². The molecule has 1 saturated carbocycles. The zero-order valence-corrected chi connectivity index (χ0v) is 15.4. The zero-order valence-electron chi connectivity index (χ0n) is 15.4. The molecule has 0 amide bonds. The molecular weight excluding hydrogens is 314 g/mol. The van der Waals surface area contributed by atoms with E-state index in [1.165, 1.54) is 0 Å². The fourth-order valence-corrected chi connectivity index (χ4v) is 3.40. The first-order valence-electron chi connectivity index (χ1n) is 9.47. The molecule has 0 bridgehead atoms. The molecule has 1 aromatic rings. The molecule has 136 valence electrons. The van der Waals surface area contributed by atoms with Crippen molar-refractivity contribution in [2.24, 2.45) is 5.41 Å². The predicted molar refractivity (Wildman–Crippen MR) is 97.5 cm³/mol. The van der Waals surface area contributed by atoms with Crippen molar-refractivity contribution in [3.8, 4) is 11.8 Å². The van der Waals surface area contributed by atoms with E-state index < -0.39 is 0 Å². The van der Waals surface area contributed by atoms with Gasteiger partial charge in [0.1, 0.15) is 11.9 Å². The van der Waals surface area contributed by atoms with E-state index in [0.29, 0.717) is 12.2 Å². The molecule has 0 saturated heterocycles. The molecule has 1 aliphatic carbocycles. The molecular formula is C21H29NO3. The van der Waals surface area contributed by atoms with Gasteiger partial charge < -0.3 is 9.47 Å². The molecule has 0 radical (unpaired) electrons. The number of ether oxygens (including phenoxy) is 2. The molecule has 0 atom stereocenters. The lowest BCUT2D eigenvalue weighted by molar-refractivity contribution is 0.0106. The smallest absolute Gasteiger partial charge is 0.338 e. The van der Waals surface area contributed by atoms with Crippen LogP contribution in [-0.2, 0) is 4.74 Å². The molecule has 1 aromatic carbocycles. The molecule has 4 heteroatoms. The van der Waals surface area contributed by atoms with Gasteiger partial charge in [0, 0.05) is 0 Å². The number of esters is 1. The van der Waals surface area contributed by atoms with Gasteiger partial charge in [0.05, 0.1) is 23.7 Å². The number of hydrogen-bond acceptors (Lipinski definition) is 4. The van der Waals surface area contributed by atoms with Gasteiger partial charge >= 0.3 is 5.97 Å². The summed E-state index contributed by atoms with van der Waals surface area (Å²) in [5.74, 6) is 0.492. The van der Waals surface area contributed by atoms with Crippen molar-refractivity contribution in [1.29, 1.82) is 5.26 Å². The molecule has 0 heterocycles. The Labute approximate surface area is 151 Å². The van der Waals surface area contributed by atoms with Gasteiger partial charge in [0.15, 0.2) is 0 Å². The van der Waals surface area contributed by atoms with Crippen LogP contribution in [0.5, 0.6) is 5.75 Å². The number of nitriles is 1. The third-order valence-corrected chi connectivity index (χ3v) is 4.99. The molecule has 4 nitrogen and oxygen atoms in total. The fraction of sp³-hybridized carbons (Fsp3) is 0.619. The monoisotopic (exact) mass is 343 g/mol. The second-order valence-electron chi connectivity index (χ2n) is 6.97. The number of hydrogen-bond donors (Lipinski definition) is 0. The molecule has 1 fully saturated rings. The van der Waals surface area contributed by atoms with E-state index in [0.717, 1.165) is 57.1 Å². The summed E-state index contributed by atoms with van der Waals surface area (Å²) in [6, 6.07) is 9.63. The standard InChI is InChI=1S/C21H29NO3/c1-3-5-15-24-18-8-6-17(7-9-18)20(23)25-19-10-13-21(16-22,12-4-2)14-11-19/h6-9,19H,3-5,10-15H2,1-2H3/t19-,21-. The van der Waals surface area contributed by atoms with Crippen LogP contribution in [0, 0.1) is 16.7 Å². The molecule has 0 unspecified atom stereocenters. The molecule has 0 aliphatic heterocycles. The normalized spacial score (nSPS) is 22.8. The van der Waals surface area contributed by atoms with Crippen molar-refractivity contribution in [3.63, 3.8) is 0 Å². The highest BCUT2D eigenvalue weighted by Gasteiger charge is 2.36. The first-order valence-corrected chi connectivity index (χ1v) is 9.47. The highest BCUT2D eigenvalue weighted by atomic mass is 16.5. The maximum absolute atomic E-state index is 12.3. The first kappa shape index (κ1) is 19.3. The SMILES string of the molecule is CCCCOc1ccc(C(=O)O[C@H]2CC[C@@](C#N)(CCC)CC2)cc1. The Morgan fingerprint density at radius 3 is 2.44 bits per heavy atom. The summed E-state index contributed by atoms with van der Waals surface area (Å²) >= 11 is 0. The van der Waals surface area contributed by atoms with E-state index >= 15 is 0 Å². The average Bonchev–Trinajstić information content (AvgIpc) is 2.64. The molecule has 0 aromatic heterocycles. The Bertz CT molecular complexity index is 580. The third-order valence-electron chi connectivity index (χ3n) is 4.99. The number of unbranched alkanes of at least 4 members (excludes halogenated alkanes) is 1. The highest BCUT2D eigenvalue weighted by Crippen LogP contribution is 2.40. The first-order chi connectivity index (χ1) is 12.1. The largest absolute Gasteiger partial charge is 0.494 e. The van der Waals surface area contributed by atoms with E-state index in [9.17, 15) is 10.1 Å². The van der Waals surface area contributed by atoms with Crippen LogP contribution in [0.1, 0.15) is 75.6 Å². The van der Waals surface area contributed by atoms with E-state index in [1.807, 2.05) is 12.1 Å². The Balaban J connectivity index is 1.83. The van der Waals surface area contributed by atoms with Crippen LogP contribution in [0.3, 0.4) is 0 Å². The van der Waals surface area contributed by atoms with Crippen LogP contribution in [0.4, 0.5) is 0 Å². The minimum Gasteiger partial charge on any atom is -0.494 e. The third kappa shape index (κ3) is 5.49. The lowest BCUT2D eigenvalue weighted by Gasteiger charge is -2.34. The summed E-state index contributed by atoms with van der Waals surface area (Å²) in [7, 11) is 0. The maximum atomic E-state index is 12.3. The van der Waals surface area contributed by atoms with Crippen LogP contribution < -0.4 is 4.74 Å². The number of carbonyl (C=O) groups excluding carboxylic acids is 1.